The van der Waals surface area contributed by atoms with Gasteiger partial charge in [0.05, 0.1) is 34.4 Å². The van der Waals surface area contributed by atoms with Gasteiger partial charge in [0.15, 0.2) is 0 Å². The van der Waals surface area contributed by atoms with E-state index in [1.165, 1.54) is 0 Å². The molecule has 4 rings (SSSR count). The third kappa shape index (κ3) is 2.06. The SMILES string of the molecule is O=C1N[C@H](CO)Cn2c1c(-c1cn[nH]c1)c1ccc(Cl)c(Cl)c12. The summed E-state index contributed by atoms with van der Waals surface area (Å²) in [6, 6.07) is 3.19. The van der Waals surface area contributed by atoms with Crippen molar-refractivity contribution in [3.8, 4) is 11.1 Å². The quantitative estimate of drug-likeness (QED) is 0.663. The van der Waals surface area contributed by atoms with Gasteiger partial charge in [-0.15, -0.1) is 0 Å². The number of rotatable bonds is 2. The van der Waals surface area contributed by atoms with Crippen LogP contribution in [-0.4, -0.2) is 38.4 Å². The fourth-order valence-electron chi connectivity index (χ4n) is 3.10. The first-order valence-corrected chi connectivity index (χ1v) is 7.78. The maximum atomic E-state index is 12.6. The van der Waals surface area contributed by atoms with Gasteiger partial charge in [-0.3, -0.25) is 9.89 Å². The molecule has 0 aliphatic carbocycles. The molecule has 0 unspecified atom stereocenters. The number of aromatic amines is 1. The van der Waals surface area contributed by atoms with Gasteiger partial charge < -0.3 is 15.0 Å². The van der Waals surface area contributed by atoms with E-state index in [-0.39, 0.29) is 18.6 Å². The second-order valence-corrected chi connectivity index (χ2v) is 6.22. The minimum absolute atomic E-state index is 0.149. The van der Waals surface area contributed by atoms with Crippen LogP contribution < -0.4 is 5.32 Å². The number of aromatic nitrogens is 3. The van der Waals surface area contributed by atoms with Crippen molar-refractivity contribution in [2.24, 2.45) is 0 Å². The fourth-order valence-corrected chi connectivity index (χ4v) is 3.52. The number of carbonyl (C=O) groups is 1. The van der Waals surface area contributed by atoms with Crippen LogP contribution in [0, 0.1) is 0 Å². The van der Waals surface area contributed by atoms with Gasteiger partial charge in [0.1, 0.15) is 5.69 Å². The van der Waals surface area contributed by atoms with Crippen LogP contribution in [0.15, 0.2) is 24.5 Å². The van der Waals surface area contributed by atoms with Gasteiger partial charge >= 0.3 is 0 Å². The molecule has 0 saturated heterocycles. The molecule has 118 valence electrons. The molecule has 6 nitrogen and oxygen atoms in total. The lowest BCUT2D eigenvalue weighted by Crippen LogP contribution is -2.46. The Balaban J connectivity index is 2.13. The number of aliphatic hydroxyl groups excluding tert-OH is 1. The summed E-state index contributed by atoms with van der Waals surface area (Å²) < 4.78 is 1.82. The number of fused-ring (bicyclic) bond motifs is 3. The average Bonchev–Trinajstić information content (AvgIpc) is 3.16. The van der Waals surface area contributed by atoms with E-state index in [4.69, 9.17) is 23.2 Å². The van der Waals surface area contributed by atoms with Gasteiger partial charge in [-0.1, -0.05) is 29.3 Å². The Hall–Kier alpha value is -2.02. The second-order valence-electron chi connectivity index (χ2n) is 5.43. The highest BCUT2D eigenvalue weighted by Crippen LogP contribution is 2.41. The van der Waals surface area contributed by atoms with E-state index in [9.17, 15) is 9.90 Å². The van der Waals surface area contributed by atoms with Gasteiger partial charge in [0.25, 0.3) is 5.91 Å². The number of hydrogen-bond acceptors (Lipinski definition) is 3. The first-order chi connectivity index (χ1) is 11.1. The first-order valence-electron chi connectivity index (χ1n) is 7.03. The van der Waals surface area contributed by atoms with E-state index >= 15 is 0 Å². The molecule has 1 aliphatic rings. The topological polar surface area (TPSA) is 82.9 Å². The monoisotopic (exact) mass is 350 g/mol. The van der Waals surface area contributed by atoms with E-state index in [0.29, 0.717) is 27.8 Å². The van der Waals surface area contributed by atoms with Gasteiger partial charge in [-0.05, 0) is 6.07 Å². The summed E-state index contributed by atoms with van der Waals surface area (Å²) in [6.07, 6.45) is 3.38. The van der Waals surface area contributed by atoms with E-state index in [0.717, 1.165) is 16.5 Å². The molecule has 0 fully saturated rings. The summed E-state index contributed by atoms with van der Waals surface area (Å²) in [5.74, 6) is -0.255. The van der Waals surface area contributed by atoms with E-state index in [1.54, 1.807) is 18.5 Å². The van der Waals surface area contributed by atoms with Crippen LogP contribution in [0.5, 0.6) is 0 Å². The molecular formula is C15H12Cl2N4O2. The number of nitrogens with zero attached hydrogens (tertiary/aromatic N) is 2. The predicted octanol–water partition coefficient (Wildman–Crippen LogP) is 2.44. The molecule has 0 radical (unpaired) electrons. The highest BCUT2D eigenvalue weighted by molar-refractivity contribution is 6.45. The molecule has 0 spiro atoms. The molecule has 0 bridgehead atoms. The average molecular weight is 351 g/mol. The summed E-state index contributed by atoms with van der Waals surface area (Å²) in [6.45, 7) is 0.274. The molecule has 3 N–H and O–H groups in total. The zero-order chi connectivity index (χ0) is 16.1. The summed E-state index contributed by atoms with van der Waals surface area (Å²) in [5.41, 5.74) is 2.73. The third-order valence-corrected chi connectivity index (χ3v) is 4.87. The number of halogens is 2. The number of benzene rings is 1. The van der Waals surface area contributed by atoms with Crippen molar-refractivity contribution in [2.45, 2.75) is 12.6 Å². The van der Waals surface area contributed by atoms with Gasteiger partial charge in [0, 0.05) is 29.3 Å². The zero-order valence-electron chi connectivity index (χ0n) is 11.8. The number of carbonyl (C=O) groups excluding carboxylic acids is 1. The highest BCUT2D eigenvalue weighted by atomic mass is 35.5. The first kappa shape index (κ1) is 14.6. The van der Waals surface area contributed by atoms with Crippen LogP contribution in [0.25, 0.3) is 22.0 Å². The lowest BCUT2D eigenvalue weighted by molar-refractivity contribution is 0.0872. The molecule has 0 saturated carbocycles. The van der Waals surface area contributed by atoms with Crippen LogP contribution in [0.4, 0.5) is 0 Å². The molecule has 2 aromatic heterocycles. The van der Waals surface area contributed by atoms with Crippen LogP contribution >= 0.6 is 23.2 Å². The van der Waals surface area contributed by atoms with Crippen molar-refractivity contribution >= 4 is 40.0 Å². The number of H-pyrrole nitrogens is 1. The maximum Gasteiger partial charge on any atom is 0.268 e. The minimum atomic E-state index is -0.363. The minimum Gasteiger partial charge on any atom is -0.394 e. The molecule has 8 heteroatoms. The standard InChI is InChI=1S/C15H12Cl2N4O2/c16-10-2-1-9-11(7-3-18-19-4-7)14-15(23)20-8(6-22)5-21(14)13(9)12(10)17/h1-4,8,22H,5-6H2,(H,18,19)(H,20,23)/t8-/m0/s1. The van der Waals surface area contributed by atoms with E-state index < -0.39 is 0 Å². The van der Waals surface area contributed by atoms with E-state index in [1.807, 2.05) is 10.6 Å². The Kier molecular flexibility index (Phi) is 3.33. The van der Waals surface area contributed by atoms with Crippen molar-refractivity contribution in [3.05, 3.63) is 40.3 Å². The molecule has 3 aromatic rings. The fraction of sp³-hybridized carbons (Fsp3) is 0.200. The lowest BCUT2D eigenvalue weighted by Gasteiger charge is -2.25. The number of hydrogen-bond donors (Lipinski definition) is 3. The van der Waals surface area contributed by atoms with Gasteiger partial charge in [-0.2, -0.15) is 5.10 Å². The summed E-state index contributed by atoms with van der Waals surface area (Å²) >= 11 is 12.6. The highest BCUT2D eigenvalue weighted by Gasteiger charge is 2.32. The molecular weight excluding hydrogens is 339 g/mol. The van der Waals surface area contributed by atoms with Crippen LogP contribution in [0.1, 0.15) is 10.5 Å². The number of amides is 1. The number of aliphatic hydroxyl groups is 1. The summed E-state index contributed by atoms with van der Waals surface area (Å²) in [4.78, 5) is 12.6. The van der Waals surface area contributed by atoms with E-state index in [2.05, 4.69) is 15.5 Å². The Morgan fingerprint density at radius 3 is 2.91 bits per heavy atom. The Bertz CT molecular complexity index is 918. The number of nitrogens with one attached hydrogen (secondary N) is 2. The van der Waals surface area contributed by atoms with Crippen molar-refractivity contribution in [3.63, 3.8) is 0 Å². The normalized spacial score (nSPS) is 17.3. The zero-order valence-corrected chi connectivity index (χ0v) is 13.3. The van der Waals surface area contributed by atoms with Crippen molar-refractivity contribution in [1.29, 1.82) is 0 Å². The molecule has 3 heterocycles. The van der Waals surface area contributed by atoms with Crippen LogP contribution in [-0.2, 0) is 6.54 Å². The van der Waals surface area contributed by atoms with Crippen molar-refractivity contribution < 1.29 is 9.90 Å². The molecule has 23 heavy (non-hydrogen) atoms. The lowest BCUT2D eigenvalue weighted by atomic mass is 10.0. The van der Waals surface area contributed by atoms with Crippen molar-refractivity contribution in [2.75, 3.05) is 6.61 Å². The molecule has 1 atom stereocenters. The second kappa shape index (κ2) is 5.26. The van der Waals surface area contributed by atoms with Crippen LogP contribution in [0.2, 0.25) is 10.0 Å². The summed E-state index contributed by atoms with van der Waals surface area (Å²) in [7, 11) is 0. The Morgan fingerprint density at radius 1 is 1.39 bits per heavy atom. The van der Waals surface area contributed by atoms with Gasteiger partial charge in [0.2, 0.25) is 0 Å². The van der Waals surface area contributed by atoms with Crippen molar-refractivity contribution in [1.82, 2.24) is 20.1 Å². The molecule has 1 aliphatic heterocycles. The molecule has 1 amide bonds. The largest absolute Gasteiger partial charge is 0.394 e. The molecule has 1 aromatic carbocycles. The van der Waals surface area contributed by atoms with Gasteiger partial charge in [-0.25, -0.2) is 0 Å². The smallest absolute Gasteiger partial charge is 0.268 e. The third-order valence-electron chi connectivity index (χ3n) is 4.08. The van der Waals surface area contributed by atoms with Crippen LogP contribution in [0.3, 0.4) is 0 Å². The maximum absolute atomic E-state index is 12.6. The Labute approximate surface area is 141 Å². The summed E-state index contributed by atoms with van der Waals surface area (Å²) in [5, 5.41) is 20.6. The predicted molar refractivity (Wildman–Crippen MR) is 87.9 cm³/mol. The Morgan fingerprint density at radius 2 is 2.22 bits per heavy atom.